The van der Waals surface area contributed by atoms with Crippen molar-refractivity contribution in [2.24, 2.45) is 0 Å². The molecule has 0 bridgehead atoms. The second kappa shape index (κ2) is 7.20. The fourth-order valence-electron chi connectivity index (χ4n) is 3.36. The van der Waals surface area contributed by atoms with Crippen LogP contribution in [0.2, 0.25) is 0 Å². The molecule has 140 valence electrons. The fourth-order valence-corrected chi connectivity index (χ4v) is 3.36. The van der Waals surface area contributed by atoms with E-state index in [-0.39, 0.29) is 17.8 Å². The number of rotatable bonds is 4. The predicted molar refractivity (Wildman–Crippen MR) is 101 cm³/mol. The molecule has 3 aromatic heterocycles. The number of amides is 1. The summed E-state index contributed by atoms with van der Waals surface area (Å²) in [7, 11) is 1.56. The number of hydrogen-bond donors (Lipinski definition) is 3. The lowest BCUT2D eigenvalue weighted by molar-refractivity contribution is 0.0931. The first-order valence-corrected chi connectivity index (χ1v) is 8.81. The van der Waals surface area contributed by atoms with Crippen molar-refractivity contribution in [2.45, 2.75) is 18.9 Å². The number of nitrogen functional groups attached to an aromatic ring is 1. The van der Waals surface area contributed by atoms with E-state index < -0.39 is 0 Å². The summed E-state index contributed by atoms with van der Waals surface area (Å²) >= 11 is 0. The molecule has 1 aliphatic rings. The molecule has 9 heteroatoms. The number of pyridine rings is 1. The van der Waals surface area contributed by atoms with Crippen LogP contribution in [-0.2, 0) is 0 Å². The van der Waals surface area contributed by atoms with E-state index in [1.165, 1.54) is 6.33 Å². The first kappa shape index (κ1) is 17.2. The fraction of sp³-hybridized carbons (Fsp3) is 0.333. The van der Waals surface area contributed by atoms with E-state index in [0.717, 1.165) is 37.2 Å². The van der Waals surface area contributed by atoms with Gasteiger partial charge in [-0.1, -0.05) is 0 Å². The smallest absolute Gasteiger partial charge is 0.253 e. The number of methoxy groups -OCH3 is 1. The molecule has 0 radical (unpaired) electrons. The lowest BCUT2D eigenvalue weighted by atomic mass is 10.1. The second-order valence-electron chi connectivity index (χ2n) is 6.43. The number of aromatic nitrogens is 4. The summed E-state index contributed by atoms with van der Waals surface area (Å²) in [6, 6.07) is 5.54. The van der Waals surface area contributed by atoms with Crippen LogP contribution in [0.5, 0.6) is 5.88 Å². The molecule has 4 N–H and O–H groups in total. The van der Waals surface area contributed by atoms with Crippen molar-refractivity contribution in [2.75, 3.05) is 25.9 Å². The first-order chi connectivity index (χ1) is 13.2. The van der Waals surface area contributed by atoms with Crippen LogP contribution in [0.15, 0.2) is 30.7 Å². The third-order valence-corrected chi connectivity index (χ3v) is 4.74. The predicted octanol–water partition coefficient (Wildman–Crippen LogP) is 0.864. The summed E-state index contributed by atoms with van der Waals surface area (Å²) < 4.78 is 6.84. The number of piperidine rings is 1. The van der Waals surface area contributed by atoms with Crippen molar-refractivity contribution in [3.05, 3.63) is 36.3 Å². The zero-order chi connectivity index (χ0) is 18.8. The Labute approximate surface area is 155 Å². The third kappa shape index (κ3) is 3.28. The van der Waals surface area contributed by atoms with Crippen LogP contribution >= 0.6 is 0 Å². The minimum Gasteiger partial charge on any atom is -0.481 e. The Morgan fingerprint density at radius 3 is 2.93 bits per heavy atom. The number of ether oxygens (including phenoxy) is 1. The van der Waals surface area contributed by atoms with Gasteiger partial charge in [0.15, 0.2) is 5.82 Å². The molecule has 0 unspecified atom stereocenters. The van der Waals surface area contributed by atoms with E-state index in [9.17, 15) is 4.79 Å². The Morgan fingerprint density at radius 2 is 2.15 bits per heavy atom. The molecule has 1 fully saturated rings. The summed E-state index contributed by atoms with van der Waals surface area (Å²) in [5.41, 5.74) is 8.56. The maximum atomic E-state index is 13.0. The van der Waals surface area contributed by atoms with Gasteiger partial charge < -0.3 is 21.1 Å². The van der Waals surface area contributed by atoms with Crippen molar-refractivity contribution >= 4 is 17.2 Å². The van der Waals surface area contributed by atoms with Gasteiger partial charge in [-0.15, -0.1) is 0 Å². The number of carbonyl (C=O) groups is 1. The molecule has 27 heavy (non-hydrogen) atoms. The largest absolute Gasteiger partial charge is 0.481 e. The Kier molecular flexibility index (Phi) is 4.59. The molecule has 0 aliphatic carbocycles. The number of nitrogens with zero attached hydrogens (tertiary/aromatic N) is 4. The molecule has 4 rings (SSSR count). The van der Waals surface area contributed by atoms with E-state index in [2.05, 4.69) is 25.7 Å². The van der Waals surface area contributed by atoms with Gasteiger partial charge in [0.2, 0.25) is 5.88 Å². The highest BCUT2D eigenvalue weighted by atomic mass is 16.5. The van der Waals surface area contributed by atoms with Gasteiger partial charge in [-0.2, -0.15) is 5.10 Å². The summed E-state index contributed by atoms with van der Waals surface area (Å²) in [6.07, 6.45) is 4.82. The highest BCUT2D eigenvalue weighted by Crippen LogP contribution is 2.29. The van der Waals surface area contributed by atoms with Crippen LogP contribution in [0.4, 0.5) is 5.82 Å². The van der Waals surface area contributed by atoms with Crippen LogP contribution in [0.25, 0.3) is 16.8 Å². The Morgan fingerprint density at radius 1 is 1.33 bits per heavy atom. The summed E-state index contributed by atoms with van der Waals surface area (Å²) in [5, 5.41) is 10.7. The van der Waals surface area contributed by atoms with Crippen molar-refractivity contribution < 1.29 is 9.53 Å². The Hall–Kier alpha value is -3.20. The van der Waals surface area contributed by atoms with Crippen molar-refractivity contribution in [1.29, 1.82) is 0 Å². The normalized spacial score (nSPS) is 15.0. The standard InChI is InChI=1S/C18H21N7O2/c1-27-15-8-11(2-7-21-15)14-9-13(16-17(19)22-10-23-25(14)16)18(26)24-12-3-5-20-6-4-12/h2,7-10,12,20H,3-6H2,1H3,(H,24,26)(H2,19,22,23). The molecule has 0 spiro atoms. The molecule has 0 saturated carbocycles. The van der Waals surface area contributed by atoms with Gasteiger partial charge in [0, 0.05) is 23.9 Å². The maximum Gasteiger partial charge on any atom is 0.253 e. The van der Waals surface area contributed by atoms with Crippen LogP contribution in [-0.4, -0.2) is 51.7 Å². The molecular formula is C18H21N7O2. The quantitative estimate of drug-likeness (QED) is 0.626. The van der Waals surface area contributed by atoms with E-state index in [1.807, 2.05) is 6.07 Å². The van der Waals surface area contributed by atoms with Gasteiger partial charge >= 0.3 is 0 Å². The SMILES string of the molecule is COc1cc(-c2cc(C(=O)NC3CCNCC3)c3c(N)ncnn23)ccn1. The molecule has 0 atom stereocenters. The number of hydrogen-bond acceptors (Lipinski definition) is 7. The van der Waals surface area contributed by atoms with Crippen LogP contribution < -0.4 is 21.1 Å². The lowest BCUT2D eigenvalue weighted by Gasteiger charge is -2.23. The molecule has 3 aromatic rings. The van der Waals surface area contributed by atoms with Crippen molar-refractivity contribution in [3.63, 3.8) is 0 Å². The van der Waals surface area contributed by atoms with Crippen LogP contribution in [0.1, 0.15) is 23.2 Å². The number of fused-ring (bicyclic) bond motifs is 1. The molecule has 9 nitrogen and oxygen atoms in total. The van der Waals surface area contributed by atoms with Gasteiger partial charge in [0.25, 0.3) is 5.91 Å². The molecule has 1 aliphatic heterocycles. The minimum absolute atomic E-state index is 0.143. The van der Waals surface area contributed by atoms with Gasteiger partial charge in [-0.05, 0) is 38.1 Å². The Bertz CT molecular complexity index is 979. The minimum atomic E-state index is -0.173. The summed E-state index contributed by atoms with van der Waals surface area (Å²) in [4.78, 5) is 21.1. The number of carbonyl (C=O) groups excluding carboxylic acids is 1. The highest BCUT2D eigenvalue weighted by molar-refractivity contribution is 6.05. The molecule has 0 aromatic carbocycles. The topological polar surface area (TPSA) is 119 Å². The Balaban J connectivity index is 1.77. The zero-order valence-electron chi connectivity index (χ0n) is 15.0. The summed E-state index contributed by atoms with van der Waals surface area (Å²) in [5.74, 6) is 0.561. The summed E-state index contributed by atoms with van der Waals surface area (Å²) in [6.45, 7) is 1.80. The zero-order valence-corrected chi connectivity index (χ0v) is 15.0. The molecule has 1 amide bonds. The van der Waals surface area contributed by atoms with Gasteiger partial charge in [0.05, 0.1) is 18.4 Å². The molecular weight excluding hydrogens is 346 g/mol. The van der Waals surface area contributed by atoms with Crippen molar-refractivity contribution in [1.82, 2.24) is 30.2 Å². The van der Waals surface area contributed by atoms with Crippen LogP contribution in [0, 0.1) is 0 Å². The third-order valence-electron chi connectivity index (χ3n) is 4.74. The molecule has 1 saturated heterocycles. The lowest BCUT2D eigenvalue weighted by Crippen LogP contribution is -2.42. The number of nitrogens with two attached hydrogens (primary N) is 1. The highest BCUT2D eigenvalue weighted by Gasteiger charge is 2.23. The van der Waals surface area contributed by atoms with E-state index >= 15 is 0 Å². The monoisotopic (exact) mass is 367 g/mol. The van der Waals surface area contributed by atoms with E-state index in [1.54, 1.807) is 30.0 Å². The van der Waals surface area contributed by atoms with Crippen molar-refractivity contribution in [3.8, 4) is 17.1 Å². The second-order valence-corrected chi connectivity index (χ2v) is 6.43. The van der Waals surface area contributed by atoms with E-state index in [0.29, 0.717) is 17.0 Å². The number of anilines is 1. The van der Waals surface area contributed by atoms with Gasteiger partial charge in [-0.3, -0.25) is 4.79 Å². The van der Waals surface area contributed by atoms with E-state index in [4.69, 9.17) is 10.5 Å². The number of nitrogens with one attached hydrogen (secondary N) is 2. The molecule has 4 heterocycles. The first-order valence-electron chi connectivity index (χ1n) is 8.81. The van der Waals surface area contributed by atoms with Crippen LogP contribution in [0.3, 0.4) is 0 Å². The average molecular weight is 367 g/mol. The maximum absolute atomic E-state index is 13.0. The van der Waals surface area contributed by atoms with Gasteiger partial charge in [0.1, 0.15) is 11.8 Å². The average Bonchev–Trinajstić information content (AvgIpc) is 3.10. The van der Waals surface area contributed by atoms with Gasteiger partial charge in [-0.25, -0.2) is 14.5 Å².